The summed E-state index contributed by atoms with van der Waals surface area (Å²) in [6.07, 6.45) is 6.91. The first-order chi connectivity index (χ1) is 12.0. The summed E-state index contributed by atoms with van der Waals surface area (Å²) in [5.74, 6) is -0.299. The molecule has 3 aromatic rings. The molecule has 2 aromatic heterocycles. The molecule has 0 radical (unpaired) electrons. The van der Waals surface area contributed by atoms with E-state index in [2.05, 4.69) is 31.4 Å². The zero-order chi connectivity index (χ0) is 17.8. The van der Waals surface area contributed by atoms with Gasteiger partial charge in [-0.1, -0.05) is 30.7 Å². The predicted octanol–water partition coefficient (Wildman–Crippen LogP) is 3.82. The molecule has 1 atom stereocenters. The number of anilines is 1. The molecule has 25 heavy (non-hydrogen) atoms. The Kier molecular flexibility index (Phi) is 5.55. The van der Waals surface area contributed by atoms with Gasteiger partial charge in [-0.05, 0) is 33.6 Å². The Bertz CT molecular complexity index is 875. The minimum absolute atomic E-state index is 0.0643. The molecule has 1 aromatic carbocycles. The molecule has 0 aliphatic rings. The zero-order valence-electron chi connectivity index (χ0n) is 13.6. The molecule has 0 aliphatic heterocycles. The summed E-state index contributed by atoms with van der Waals surface area (Å²) in [5.41, 5.74) is 1.82. The van der Waals surface area contributed by atoms with Crippen LogP contribution < -0.4 is 5.32 Å². The van der Waals surface area contributed by atoms with Crippen LogP contribution in [0.4, 0.5) is 5.69 Å². The van der Waals surface area contributed by atoms with Crippen LogP contribution in [-0.4, -0.2) is 25.5 Å². The average molecular weight is 423 g/mol. The highest BCUT2D eigenvalue weighted by molar-refractivity contribution is 9.10. The molecule has 0 fully saturated rings. The molecule has 130 valence electrons. The molecule has 2 heterocycles. The van der Waals surface area contributed by atoms with Crippen LogP contribution in [0, 0.1) is 5.92 Å². The summed E-state index contributed by atoms with van der Waals surface area (Å²) in [6, 6.07) is 7.74. The van der Waals surface area contributed by atoms with Crippen LogP contribution in [-0.2, 0) is 17.9 Å². The molecule has 6 nitrogen and oxygen atoms in total. The molecular weight excluding hydrogens is 406 g/mol. The van der Waals surface area contributed by atoms with E-state index in [0.29, 0.717) is 18.1 Å². The van der Waals surface area contributed by atoms with Gasteiger partial charge in [0.15, 0.2) is 0 Å². The maximum absolute atomic E-state index is 12.4. The number of amides is 1. The maximum atomic E-state index is 12.4. The molecule has 1 unspecified atom stereocenters. The van der Waals surface area contributed by atoms with Crippen molar-refractivity contribution in [3.8, 4) is 0 Å². The molecule has 0 bridgehead atoms. The van der Waals surface area contributed by atoms with E-state index in [1.165, 1.54) is 0 Å². The normalized spacial score (nSPS) is 12.1. The molecule has 0 saturated heterocycles. The lowest BCUT2D eigenvalue weighted by molar-refractivity contribution is -0.119. The molecule has 3 rings (SSSR count). The van der Waals surface area contributed by atoms with Crippen molar-refractivity contribution < 1.29 is 4.79 Å². The fourth-order valence-electron chi connectivity index (χ4n) is 2.43. The number of nitrogens with one attached hydrogen (secondary N) is 1. The van der Waals surface area contributed by atoms with E-state index in [9.17, 15) is 4.79 Å². The van der Waals surface area contributed by atoms with Gasteiger partial charge in [0.25, 0.3) is 0 Å². The van der Waals surface area contributed by atoms with E-state index in [1.54, 1.807) is 23.3 Å². The molecular formula is C17H17BrClN5O. The fraction of sp³-hybridized carbons (Fsp3) is 0.235. The van der Waals surface area contributed by atoms with Crippen molar-refractivity contribution in [1.82, 2.24) is 19.6 Å². The number of nitrogens with zero attached hydrogens (tertiary/aromatic N) is 4. The lowest BCUT2D eigenvalue weighted by atomic mass is 10.1. The minimum Gasteiger partial charge on any atom is -0.326 e. The van der Waals surface area contributed by atoms with Gasteiger partial charge in [0.1, 0.15) is 0 Å². The van der Waals surface area contributed by atoms with Crippen LogP contribution >= 0.6 is 27.5 Å². The SMILES string of the molecule is CC(Cn1cc(Cl)cn1)C(=O)Nc1cccc(Cn2cc(Br)cn2)c1. The molecule has 8 heteroatoms. The van der Waals surface area contributed by atoms with E-state index in [4.69, 9.17) is 11.6 Å². The van der Waals surface area contributed by atoms with Gasteiger partial charge < -0.3 is 5.32 Å². The summed E-state index contributed by atoms with van der Waals surface area (Å²) in [6.45, 7) is 2.96. The highest BCUT2D eigenvalue weighted by atomic mass is 79.9. The Morgan fingerprint density at radius 1 is 1.28 bits per heavy atom. The van der Waals surface area contributed by atoms with E-state index >= 15 is 0 Å². The summed E-state index contributed by atoms with van der Waals surface area (Å²) in [5, 5.41) is 11.8. The molecule has 0 aliphatic carbocycles. The number of hydrogen-bond donors (Lipinski definition) is 1. The molecule has 0 spiro atoms. The second kappa shape index (κ2) is 7.84. The standard InChI is InChI=1S/C17H17BrClN5O/c1-12(8-23-11-15(19)7-21-23)17(25)22-16-4-2-3-13(5-16)9-24-10-14(18)6-20-24/h2-7,10-12H,8-9H2,1H3,(H,22,25). The van der Waals surface area contributed by atoms with Crippen molar-refractivity contribution in [2.45, 2.75) is 20.0 Å². The number of hydrogen-bond acceptors (Lipinski definition) is 3. The Morgan fingerprint density at radius 3 is 2.76 bits per heavy atom. The second-order valence-corrected chi connectivity index (χ2v) is 7.18. The van der Waals surface area contributed by atoms with Gasteiger partial charge in [-0.2, -0.15) is 10.2 Å². The third kappa shape index (κ3) is 4.93. The van der Waals surface area contributed by atoms with Gasteiger partial charge in [-0.25, -0.2) is 0 Å². The van der Waals surface area contributed by atoms with Crippen molar-refractivity contribution in [3.05, 3.63) is 64.1 Å². The Labute approximate surface area is 158 Å². The largest absolute Gasteiger partial charge is 0.326 e. The Hall–Kier alpha value is -2.12. The summed E-state index contributed by atoms with van der Waals surface area (Å²) in [7, 11) is 0. The first-order valence-corrected chi connectivity index (χ1v) is 8.92. The number of benzene rings is 1. The number of carbonyl (C=O) groups is 1. The van der Waals surface area contributed by atoms with Crippen LogP contribution in [0.3, 0.4) is 0 Å². The fourth-order valence-corrected chi connectivity index (χ4v) is 2.91. The van der Waals surface area contributed by atoms with Crippen molar-refractivity contribution >= 4 is 39.1 Å². The summed E-state index contributed by atoms with van der Waals surface area (Å²) < 4.78 is 4.43. The third-order valence-corrected chi connectivity index (χ3v) is 4.26. The first-order valence-electron chi connectivity index (χ1n) is 7.75. The van der Waals surface area contributed by atoms with Crippen LogP contribution in [0.1, 0.15) is 12.5 Å². The van der Waals surface area contributed by atoms with E-state index in [-0.39, 0.29) is 11.8 Å². The highest BCUT2D eigenvalue weighted by Crippen LogP contribution is 2.15. The molecule has 1 N–H and O–H groups in total. The van der Waals surface area contributed by atoms with Gasteiger partial charge in [0, 0.05) is 18.1 Å². The average Bonchev–Trinajstić information content (AvgIpc) is 3.16. The van der Waals surface area contributed by atoms with Crippen LogP contribution in [0.5, 0.6) is 0 Å². The van der Waals surface area contributed by atoms with Crippen molar-refractivity contribution in [1.29, 1.82) is 0 Å². The zero-order valence-corrected chi connectivity index (χ0v) is 15.9. The Morgan fingerprint density at radius 2 is 2.08 bits per heavy atom. The lowest BCUT2D eigenvalue weighted by Crippen LogP contribution is -2.24. The van der Waals surface area contributed by atoms with Crippen molar-refractivity contribution in [2.75, 3.05) is 5.32 Å². The van der Waals surface area contributed by atoms with Crippen LogP contribution in [0.2, 0.25) is 5.02 Å². The Balaban J connectivity index is 1.61. The van der Waals surface area contributed by atoms with E-state index in [1.807, 2.05) is 42.1 Å². The highest BCUT2D eigenvalue weighted by Gasteiger charge is 2.14. The van der Waals surface area contributed by atoms with E-state index in [0.717, 1.165) is 15.7 Å². The van der Waals surface area contributed by atoms with Gasteiger partial charge in [-0.15, -0.1) is 0 Å². The number of aromatic nitrogens is 4. The van der Waals surface area contributed by atoms with Crippen LogP contribution in [0.25, 0.3) is 0 Å². The number of halogens is 2. The van der Waals surface area contributed by atoms with E-state index < -0.39 is 0 Å². The van der Waals surface area contributed by atoms with Gasteiger partial charge >= 0.3 is 0 Å². The predicted molar refractivity (Wildman–Crippen MR) is 101 cm³/mol. The van der Waals surface area contributed by atoms with Gasteiger partial charge in [-0.3, -0.25) is 14.2 Å². The second-order valence-electron chi connectivity index (χ2n) is 5.83. The summed E-state index contributed by atoms with van der Waals surface area (Å²) in [4.78, 5) is 12.4. The smallest absolute Gasteiger partial charge is 0.229 e. The number of carbonyl (C=O) groups excluding carboxylic acids is 1. The summed E-state index contributed by atoms with van der Waals surface area (Å²) >= 11 is 9.23. The first kappa shape index (κ1) is 17.7. The minimum atomic E-state index is -0.235. The monoisotopic (exact) mass is 421 g/mol. The van der Waals surface area contributed by atoms with Gasteiger partial charge in [0.2, 0.25) is 5.91 Å². The molecule has 0 saturated carbocycles. The quantitative estimate of drug-likeness (QED) is 0.657. The topological polar surface area (TPSA) is 64.7 Å². The van der Waals surface area contributed by atoms with Gasteiger partial charge in [0.05, 0.1) is 40.9 Å². The molecule has 1 amide bonds. The number of rotatable bonds is 6. The van der Waals surface area contributed by atoms with Crippen LogP contribution in [0.15, 0.2) is 53.5 Å². The van der Waals surface area contributed by atoms with Crippen molar-refractivity contribution in [2.24, 2.45) is 5.92 Å². The lowest BCUT2D eigenvalue weighted by Gasteiger charge is -2.13. The maximum Gasteiger partial charge on any atom is 0.229 e. The third-order valence-electron chi connectivity index (χ3n) is 3.65. The van der Waals surface area contributed by atoms with Crippen molar-refractivity contribution in [3.63, 3.8) is 0 Å².